The van der Waals surface area contributed by atoms with Gasteiger partial charge >= 0.3 is 0 Å². The molecule has 2 aromatic carbocycles. The smallest absolute Gasteiger partial charge is 0.271 e. The Morgan fingerprint density at radius 3 is 2.45 bits per heavy atom. The quantitative estimate of drug-likeness (QED) is 0.253. The van der Waals surface area contributed by atoms with Crippen LogP contribution in [0, 0.1) is 17.0 Å². The second-order valence-corrected chi connectivity index (χ2v) is 8.83. The van der Waals surface area contributed by atoms with Gasteiger partial charge in [-0.1, -0.05) is 6.07 Å². The topological polar surface area (TPSA) is 119 Å². The zero-order chi connectivity index (χ0) is 22.6. The Labute approximate surface area is 179 Å². The van der Waals surface area contributed by atoms with E-state index in [1.165, 1.54) is 42.5 Å². The third-order valence-corrected chi connectivity index (χ3v) is 5.50. The van der Waals surface area contributed by atoms with E-state index in [-0.39, 0.29) is 16.4 Å². The molecule has 0 aliphatic rings. The van der Waals surface area contributed by atoms with Crippen LogP contribution in [-0.2, 0) is 9.84 Å². The summed E-state index contributed by atoms with van der Waals surface area (Å²) in [5.74, 6) is 0.138. The van der Waals surface area contributed by atoms with Gasteiger partial charge in [0.2, 0.25) is 0 Å². The van der Waals surface area contributed by atoms with Crippen molar-refractivity contribution in [2.45, 2.75) is 11.8 Å². The molecular formula is C22H19N3O5S. The summed E-state index contributed by atoms with van der Waals surface area (Å²) in [5, 5.41) is 14.0. The van der Waals surface area contributed by atoms with E-state index in [0.717, 1.165) is 11.9 Å². The number of nitrogens with one attached hydrogen (secondary N) is 1. The van der Waals surface area contributed by atoms with E-state index < -0.39 is 14.8 Å². The fraction of sp³-hybridized carbons (Fsp3) is 0.0909. The average molecular weight is 437 g/mol. The molecule has 0 amide bonds. The highest BCUT2D eigenvalue weighted by Crippen LogP contribution is 2.24. The summed E-state index contributed by atoms with van der Waals surface area (Å²) in [6.07, 6.45) is 4.04. The van der Waals surface area contributed by atoms with Crippen molar-refractivity contribution in [3.8, 4) is 0 Å². The van der Waals surface area contributed by atoms with Crippen LogP contribution >= 0.6 is 0 Å². The number of hydrogen-bond donors (Lipinski definition) is 1. The Balaban J connectivity index is 1.85. The largest absolute Gasteiger partial charge is 0.340 e. The van der Waals surface area contributed by atoms with Crippen molar-refractivity contribution in [2.24, 2.45) is 0 Å². The Bertz CT molecular complexity index is 1280. The van der Waals surface area contributed by atoms with Crippen LogP contribution in [0.15, 0.2) is 71.6 Å². The van der Waals surface area contributed by atoms with Crippen molar-refractivity contribution < 1.29 is 18.1 Å². The van der Waals surface area contributed by atoms with Gasteiger partial charge in [-0.25, -0.2) is 13.4 Å². The number of rotatable bonds is 7. The van der Waals surface area contributed by atoms with Crippen molar-refractivity contribution in [1.29, 1.82) is 0 Å². The maximum absolute atomic E-state index is 12.5. The van der Waals surface area contributed by atoms with Crippen LogP contribution in [-0.4, -0.2) is 30.4 Å². The molecule has 0 bridgehead atoms. The summed E-state index contributed by atoms with van der Waals surface area (Å²) in [6, 6.07) is 15.3. The first kappa shape index (κ1) is 21.8. The average Bonchev–Trinajstić information content (AvgIpc) is 2.72. The summed E-state index contributed by atoms with van der Waals surface area (Å²) in [6.45, 7) is 1.81. The van der Waals surface area contributed by atoms with E-state index in [1.54, 1.807) is 37.3 Å². The van der Waals surface area contributed by atoms with Crippen molar-refractivity contribution >= 4 is 38.9 Å². The molecule has 0 radical (unpaired) electrons. The Morgan fingerprint density at radius 1 is 1.10 bits per heavy atom. The van der Waals surface area contributed by atoms with Crippen molar-refractivity contribution in [2.75, 3.05) is 11.6 Å². The molecule has 0 aliphatic heterocycles. The fourth-order valence-corrected chi connectivity index (χ4v) is 3.39. The number of non-ortho nitro benzene ring substituents is 1. The van der Waals surface area contributed by atoms with Gasteiger partial charge in [-0.2, -0.15) is 0 Å². The van der Waals surface area contributed by atoms with Gasteiger partial charge in [0.25, 0.3) is 5.69 Å². The van der Waals surface area contributed by atoms with Crippen LogP contribution in [0.1, 0.15) is 21.6 Å². The van der Waals surface area contributed by atoms with E-state index in [0.29, 0.717) is 22.6 Å². The highest BCUT2D eigenvalue weighted by Gasteiger charge is 2.10. The second kappa shape index (κ2) is 8.88. The number of carbonyl (C=O) groups excluding carboxylic acids is 1. The maximum Gasteiger partial charge on any atom is 0.271 e. The van der Waals surface area contributed by atoms with E-state index >= 15 is 0 Å². The van der Waals surface area contributed by atoms with Crippen LogP contribution in [0.3, 0.4) is 0 Å². The van der Waals surface area contributed by atoms with E-state index in [1.807, 2.05) is 0 Å². The molecular weight excluding hydrogens is 418 g/mol. The number of nitro benzene ring substituents is 1. The van der Waals surface area contributed by atoms with Crippen molar-refractivity contribution in [3.05, 3.63) is 93.7 Å². The Hall–Kier alpha value is -3.85. The summed E-state index contributed by atoms with van der Waals surface area (Å²) >= 11 is 0. The third-order valence-electron chi connectivity index (χ3n) is 4.37. The standard InChI is InChI=1S/C22H19N3O5S/c1-15-6-7-17(22(23-15)24-18-4-3-5-19(14-18)25(27)28)10-13-21(26)16-8-11-20(12-9-16)31(2,29)30/h3-14H,1-2H3,(H,23,24). The molecule has 0 aliphatic carbocycles. The van der Waals surface area contributed by atoms with E-state index in [4.69, 9.17) is 0 Å². The number of sulfone groups is 1. The molecule has 0 unspecified atom stereocenters. The molecule has 1 heterocycles. The minimum atomic E-state index is -3.34. The number of pyridine rings is 1. The number of ketones is 1. The summed E-state index contributed by atoms with van der Waals surface area (Å²) in [5.41, 5.74) is 2.12. The Kier molecular flexibility index (Phi) is 6.26. The lowest BCUT2D eigenvalue weighted by atomic mass is 10.1. The van der Waals surface area contributed by atoms with Crippen LogP contribution in [0.5, 0.6) is 0 Å². The number of aromatic nitrogens is 1. The number of allylic oxidation sites excluding steroid dienone is 1. The molecule has 3 aromatic rings. The van der Waals surface area contributed by atoms with Gasteiger partial charge in [-0.15, -0.1) is 0 Å². The van der Waals surface area contributed by atoms with Crippen LogP contribution in [0.2, 0.25) is 0 Å². The zero-order valence-electron chi connectivity index (χ0n) is 16.8. The highest BCUT2D eigenvalue weighted by molar-refractivity contribution is 7.90. The second-order valence-electron chi connectivity index (χ2n) is 6.82. The minimum Gasteiger partial charge on any atom is -0.340 e. The molecule has 1 aromatic heterocycles. The lowest BCUT2D eigenvalue weighted by Crippen LogP contribution is -2.00. The maximum atomic E-state index is 12.5. The van der Waals surface area contributed by atoms with E-state index in [9.17, 15) is 23.3 Å². The molecule has 31 heavy (non-hydrogen) atoms. The molecule has 0 saturated heterocycles. The molecule has 9 heteroatoms. The molecule has 3 rings (SSSR count). The number of aryl methyl sites for hydroxylation is 1. The Morgan fingerprint density at radius 2 is 1.81 bits per heavy atom. The zero-order valence-corrected chi connectivity index (χ0v) is 17.6. The summed E-state index contributed by atoms with van der Waals surface area (Å²) in [4.78, 5) is 27.6. The molecule has 0 fully saturated rings. The van der Waals surface area contributed by atoms with Gasteiger partial charge in [0.05, 0.1) is 9.82 Å². The normalized spacial score (nSPS) is 11.4. The monoisotopic (exact) mass is 437 g/mol. The number of benzene rings is 2. The first-order valence-corrected chi connectivity index (χ1v) is 11.0. The predicted octanol–water partition coefficient (Wildman–Crippen LogP) is 4.34. The molecule has 0 atom stereocenters. The SMILES string of the molecule is Cc1ccc(C=CC(=O)c2ccc(S(C)(=O)=O)cc2)c(Nc2cccc([N+](=O)[O-])c2)n1. The van der Waals surface area contributed by atoms with Crippen LogP contribution in [0.25, 0.3) is 6.08 Å². The number of hydrogen-bond acceptors (Lipinski definition) is 7. The van der Waals surface area contributed by atoms with Crippen molar-refractivity contribution in [3.63, 3.8) is 0 Å². The van der Waals surface area contributed by atoms with Crippen LogP contribution in [0.4, 0.5) is 17.2 Å². The molecule has 1 N–H and O–H groups in total. The molecule has 8 nitrogen and oxygen atoms in total. The lowest BCUT2D eigenvalue weighted by Gasteiger charge is -2.10. The molecule has 0 spiro atoms. The fourth-order valence-electron chi connectivity index (χ4n) is 2.76. The number of carbonyl (C=O) groups is 1. The predicted molar refractivity (Wildman–Crippen MR) is 118 cm³/mol. The minimum absolute atomic E-state index is 0.0533. The first-order chi connectivity index (χ1) is 14.6. The van der Waals surface area contributed by atoms with Gasteiger partial charge < -0.3 is 5.32 Å². The third kappa shape index (κ3) is 5.61. The molecule has 0 saturated carbocycles. The van der Waals surface area contributed by atoms with Crippen LogP contribution < -0.4 is 5.32 Å². The number of nitrogens with zero attached hydrogens (tertiary/aromatic N) is 2. The highest BCUT2D eigenvalue weighted by atomic mass is 32.2. The number of anilines is 2. The van der Waals surface area contributed by atoms with Gasteiger partial charge in [-0.05, 0) is 61.5 Å². The van der Waals surface area contributed by atoms with Gasteiger partial charge in [0.1, 0.15) is 5.82 Å². The van der Waals surface area contributed by atoms with E-state index in [2.05, 4.69) is 10.3 Å². The lowest BCUT2D eigenvalue weighted by molar-refractivity contribution is -0.384. The van der Waals surface area contributed by atoms with Gasteiger partial charge in [-0.3, -0.25) is 14.9 Å². The van der Waals surface area contributed by atoms with Gasteiger partial charge in [0, 0.05) is 40.9 Å². The van der Waals surface area contributed by atoms with Gasteiger partial charge in [0.15, 0.2) is 15.6 Å². The summed E-state index contributed by atoms with van der Waals surface area (Å²) < 4.78 is 23.1. The number of nitro groups is 1. The van der Waals surface area contributed by atoms with Crippen molar-refractivity contribution in [1.82, 2.24) is 4.98 Å². The first-order valence-electron chi connectivity index (χ1n) is 9.15. The molecule has 158 valence electrons. The summed E-state index contributed by atoms with van der Waals surface area (Å²) in [7, 11) is -3.34.